The maximum absolute atomic E-state index is 13.2. The van der Waals surface area contributed by atoms with Crippen molar-refractivity contribution in [2.45, 2.75) is 23.8 Å². The van der Waals surface area contributed by atoms with E-state index in [0.717, 1.165) is 37.5 Å². The van der Waals surface area contributed by atoms with Gasteiger partial charge < -0.3 is 16.0 Å². The molecule has 0 amide bonds. The fourth-order valence-electron chi connectivity index (χ4n) is 3.05. The summed E-state index contributed by atoms with van der Waals surface area (Å²) >= 11 is 1.66. The Bertz CT molecular complexity index is 695. The number of hydrogen-bond donors (Lipinski definition) is 2. The lowest BCUT2D eigenvalue weighted by Crippen LogP contribution is -2.47. The number of hydrogen-bond acceptors (Lipinski definition) is 6. The standard InChI is InChI=1S/C16H24N4O2S2/c1-19-8-6-15(7-9-19)20(10-14-11-23-12-18-14)24(21,22)16-4-2-13(17)3-5-16/h2-5,11,15,18H,6-10,12,17H2,1H3. The highest BCUT2D eigenvalue weighted by atomic mass is 32.2. The highest BCUT2D eigenvalue weighted by molar-refractivity contribution is 8.02. The second-order valence-corrected chi connectivity index (χ2v) is 9.03. The number of nitrogens with zero attached hydrogens (tertiary/aromatic N) is 2. The molecule has 0 radical (unpaired) electrons. The first-order valence-electron chi connectivity index (χ1n) is 8.07. The monoisotopic (exact) mass is 368 g/mol. The number of sulfonamides is 1. The Balaban J connectivity index is 1.88. The number of thioether (sulfide) groups is 1. The molecule has 2 aliphatic rings. The van der Waals surface area contributed by atoms with E-state index in [1.54, 1.807) is 40.3 Å². The number of rotatable bonds is 5. The van der Waals surface area contributed by atoms with Crippen LogP contribution in [0.3, 0.4) is 0 Å². The van der Waals surface area contributed by atoms with Crippen LogP contribution >= 0.6 is 11.8 Å². The zero-order valence-electron chi connectivity index (χ0n) is 13.8. The SMILES string of the molecule is CN1CCC(N(CC2=CSCN2)S(=O)(=O)c2ccc(N)cc2)CC1. The Morgan fingerprint density at radius 3 is 2.54 bits per heavy atom. The van der Waals surface area contributed by atoms with Crippen LogP contribution in [0.1, 0.15) is 12.8 Å². The fraction of sp³-hybridized carbons (Fsp3) is 0.500. The molecule has 3 N–H and O–H groups in total. The first-order chi connectivity index (χ1) is 11.5. The zero-order valence-corrected chi connectivity index (χ0v) is 15.4. The summed E-state index contributed by atoms with van der Waals surface area (Å²) in [7, 11) is -1.48. The van der Waals surface area contributed by atoms with Crippen molar-refractivity contribution in [1.29, 1.82) is 0 Å². The minimum Gasteiger partial charge on any atom is -0.399 e. The van der Waals surface area contributed by atoms with Gasteiger partial charge in [-0.3, -0.25) is 0 Å². The summed E-state index contributed by atoms with van der Waals surface area (Å²) in [5.41, 5.74) is 7.24. The number of anilines is 1. The third-order valence-corrected chi connectivity index (χ3v) is 7.19. The fourth-order valence-corrected chi connectivity index (χ4v) is 5.42. The lowest BCUT2D eigenvalue weighted by molar-refractivity contribution is 0.187. The Labute approximate surface area is 148 Å². The second-order valence-electron chi connectivity index (χ2n) is 6.28. The Morgan fingerprint density at radius 1 is 1.29 bits per heavy atom. The molecular formula is C16H24N4O2S2. The van der Waals surface area contributed by atoms with Crippen LogP contribution in [0, 0.1) is 0 Å². The molecule has 0 bridgehead atoms. The average molecular weight is 369 g/mol. The van der Waals surface area contributed by atoms with Crippen molar-refractivity contribution in [3.8, 4) is 0 Å². The van der Waals surface area contributed by atoms with E-state index in [0.29, 0.717) is 17.1 Å². The quantitative estimate of drug-likeness (QED) is 0.767. The van der Waals surface area contributed by atoms with Crippen molar-refractivity contribution in [2.75, 3.05) is 38.3 Å². The topological polar surface area (TPSA) is 78.7 Å². The van der Waals surface area contributed by atoms with Gasteiger partial charge in [-0.05, 0) is 62.7 Å². The first kappa shape index (κ1) is 17.6. The van der Waals surface area contributed by atoms with E-state index in [9.17, 15) is 8.42 Å². The van der Waals surface area contributed by atoms with E-state index < -0.39 is 10.0 Å². The highest BCUT2D eigenvalue weighted by Gasteiger charge is 2.34. The number of nitrogen functional groups attached to an aromatic ring is 1. The molecule has 8 heteroatoms. The normalized spacial score (nSPS) is 20.2. The van der Waals surface area contributed by atoms with Gasteiger partial charge in [0.2, 0.25) is 10.0 Å². The summed E-state index contributed by atoms with van der Waals surface area (Å²) in [4.78, 5) is 2.55. The number of nitrogens with two attached hydrogens (primary N) is 1. The minimum atomic E-state index is -3.55. The van der Waals surface area contributed by atoms with Gasteiger partial charge in [-0.15, -0.1) is 11.8 Å². The maximum atomic E-state index is 13.2. The molecule has 24 heavy (non-hydrogen) atoms. The van der Waals surface area contributed by atoms with Crippen LogP contribution in [-0.4, -0.2) is 56.2 Å². The summed E-state index contributed by atoms with van der Waals surface area (Å²) < 4.78 is 28.1. The van der Waals surface area contributed by atoms with Crippen molar-refractivity contribution in [1.82, 2.24) is 14.5 Å². The molecule has 132 valence electrons. The molecule has 0 unspecified atom stereocenters. The molecule has 0 saturated carbocycles. The third-order valence-electron chi connectivity index (χ3n) is 4.52. The van der Waals surface area contributed by atoms with Crippen LogP contribution in [-0.2, 0) is 10.0 Å². The van der Waals surface area contributed by atoms with E-state index in [2.05, 4.69) is 17.3 Å². The van der Waals surface area contributed by atoms with Gasteiger partial charge in [0, 0.05) is 17.4 Å². The predicted octanol–water partition coefficient (Wildman–Crippen LogP) is 1.49. The van der Waals surface area contributed by atoms with Gasteiger partial charge in [-0.25, -0.2) is 8.42 Å². The van der Waals surface area contributed by atoms with E-state index in [1.807, 2.05) is 5.41 Å². The van der Waals surface area contributed by atoms with E-state index in [1.165, 1.54) is 0 Å². The van der Waals surface area contributed by atoms with E-state index >= 15 is 0 Å². The molecule has 0 atom stereocenters. The average Bonchev–Trinajstić information content (AvgIpc) is 3.07. The van der Waals surface area contributed by atoms with Crippen molar-refractivity contribution in [2.24, 2.45) is 0 Å². The van der Waals surface area contributed by atoms with Crippen molar-refractivity contribution in [3.05, 3.63) is 35.4 Å². The molecule has 1 aromatic carbocycles. The molecule has 1 fully saturated rings. The van der Waals surface area contributed by atoms with Gasteiger partial charge in [-0.1, -0.05) is 0 Å². The number of piperidine rings is 1. The Hall–Kier alpha value is -1.22. The molecule has 3 rings (SSSR count). The van der Waals surface area contributed by atoms with Crippen molar-refractivity contribution in [3.63, 3.8) is 0 Å². The van der Waals surface area contributed by atoms with Gasteiger partial charge in [0.1, 0.15) is 0 Å². The maximum Gasteiger partial charge on any atom is 0.243 e. The smallest absolute Gasteiger partial charge is 0.243 e. The number of nitrogens with one attached hydrogen (secondary N) is 1. The zero-order chi connectivity index (χ0) is 17.2. The molecule has 1 saturated heterocycles. The van der Waals surface area contributed by atoms with E-state index in [4.69, 9.17) is 5.73 Å². The Kier molecular flexibility index (Phi) is 5.39. The summed E-state index contributed by atoms with van der Waals surface area (Å²) in [6, 6.07) is 6.50. The van der Waals surface area contributed by atoms with Gasteiger partial charge in [0.15, 0.2) is 0 Å². The van der Waals surface area contributed by atoms with Gasteiger partial charge in [-0.2, -0.15) is 4.31 Å². The molecule has 0 aliphatic carbocycles. The Morgan fingerprint density at radius 2 is 1.96 bits per heavy atom. The molecule has 2 heterocycles. The van der Waals surface area contributed by atoms with Gasteiger partial charge in [0.25, 0.3) is 0 Å². The summed E-state index contributed by atoms with van der Waals surface area (Å²) in [6.45, 7) is 2.23. The summed E-state index contributed by atoms with van der Waals surface area (Å²) in [5, 5.41) is 5.27. The van der Waals surface area contributed by atoms with Crippen LogP contribution < -0.4 is 11.1 Å². The van der Waals surface area contributed by atoms with Crippen molar-refractivity contribution < 1.29 is 8.42 Å². The third kappa shape index (κ3) is 3.88. The molecule has 0 spiro atoms. The second kappa shape index (κ2) is 7.35. The molecule has 6 nitrogen and oxygen atoms in total. The predicted molar refractivity (Wildman–Crippen MR) is 98.9 cm³/mol. The van der Waals surface area contributed by atoms with Gasteiger partial charge >= 0.3 is 0 Å². The molecule has 2 aliphatic heterocycles. The largest absolute Gasteiger partial charge is 0.399 e. The van der Waals surface area contributed by atoms with Gasteiger partial charge in [0.05, 0.1) is 17.3 Å². The molecular weight excluding hydrogens is 344 g/mol. The van der Waals surface area contributed by atoms with Crippen LogP contribution in [0.5, 0.6) is 0 Å². The number of likely N-dealkylation sites (tertiary alicyclic amines) is 1. The minimum absolute atomic E-state index is 0.0250. The first-order valence-corrected chi connectivity index (χ1v) is 10.6. The van der Waals surface area contributed by atoms with Crippen LogP contribution in [0.4, 0.5) is 5.69 Å². The summed E-state index contributed by atoms with van der Waals surface area (Å²) in [6.07, 6.45) is 1.70. The molecule has 0 aromatic heterocycles. The lowest BCUT2D eigenvalue weighted by Gasteiger charge is -2.36. The molecule has 1 aromatic rings. The highest BCUT2D eigenvalue weighted by Crippen LogP contribution is 2.26. The van der Waals surface area contributed by atoms with Crippen LogP contribution in [0.2, 0.25) is 0 Å². The van der Waals surface area contributed by atoms with Crippen LogP contribution in [0.15, 0.2) is 40.3 Å². The number of benzene rings is 1. The van der Waals surface area contributed by atoms with Crippen molar-refractivity contribution >= 4 is 27.5 Å². The van der Waals surface area contributed by atoms with Crippen LogP contribution in [0.25, 0.3) is 0 Å². The summed E-state index contributed by atoms with van der Waals surface area (Å²) in [5.74, 6) is 0.804. The lowest BCUT2D eigenvalue weighted by atomic mass is 10.1. The van der Waals surface area contributed by atoms with E-state index in [-0.39, 0.29) is 6.04 Å².